The minimum atomic E-state index is -0.0315. The van der Waals surface area contributed by atoms with Crippen molar-refractivity contribution in [3.8, 4) is 0 Å². The Kier molecular flexibility index (Phi) is 3.68. The van der Waals surface area contributed by atoms with E-state index in [2.05, 4.69) is 15.6 Å². The van der Waals surface area contributed by atoms with Crippen LogP contribution in [0.3, 0.4) is 0 Å². The van der Waals surface area contributed by atoms with Crippen LogP contribution in [0.15, 0.2) is 4.42 Å². The van der Waals surface area contributed by atoms with Crippen LogP contribution in [-0.2, 0) is 17.6 Å². The highest BCUT2D eigenvalue weighted by molar-refractivity contribution is 6.03. The highest BCUT2D eigenvalue weighted by Gasteiger charge is 2.23. The highest BCUT2D eigenvalue weighted by atomic mass is 16.3. The van der Waals surface area contributed by atoms with Crippen LogP contribution in [0, 0.1) is 13.8 Å². The number of aromatic nitrogens is 1. The van der Waals surface area contributed by atoms with Gasteiger partial charge in [0.25, 0.3) is 0 Å². The van der Waals surface area contributed by atoms with Gasteiger partial charge in [-0.1, -0.05) is 0 Å². The first-order valence-corrected chi connectivity index (χ1v) is 7.47. The number of carbonyl (C=O) groups is 1. The molecule has 112 valence electrons. The summed E-state index contributed by atoms with van der Waals surface area (Å²) in [6.07, 6.45) is 4.22. The molecule has 2 aromatic heterocycles. The molecule has 0 unspecified atom stereocenters. The van der Waals surface area contributed by atoms with Crippen LogP contribution in [0.2, 0.25) is 0 Å². The van der Waals surface area contributed by atoms with E-state index in [1.54, 1.807) is 7.05 Å². The van der Waals surface area contributed by atoms with Crippen LogP contribution >= 0.6 is 0 Å². The Morgan fingerprint density at radius 1 is 1.29 bits per heavy atom. The molecule has 1 amide bonds. The van der Waals surface area contributed by atoms with Gasteiger partial charge < -0.3 is 15.1 Å². The number of likely N-dealkylation sites (N-methyl/N-ethyl adjacent to an activating group) is 1. The second-order valence-corrected chi connectivity index (χ2v) is 5.66. The van der Waals surface area contributed by atoms with E-state index in [-0.39, 0.29) is 5.91 Å². The van der Waals surface area contributed by atoms with Crippen molar-refractivity contribution in [1.82, 2.24) is 10.3 Å². The van der Waals surface area contributed by atoms with Crippen LogP contribution in [-0.4, -0.2) is 24.5 Å². The van der Waals surface area contributed by atoms with Gasteiger partial charge in [0, 0.05) is 11.3 Å². The predicted molar refractivity (Wildman–Crippen MR) is 82.7 cm³/mol. The van der Waals surface area contributed by atoms with Gasteiger partial charge in [-0.25, -0.2) is 4.98 Å². The quantitative estimate of drug-likeness (QED) is 0.910. The maximum absolute atomic E-state index is 12.0. The number of nitrogens with one attached hydrogen (secondary N) is 2. The first-order chi connectivity index (χ1) is 10.1. The van der Waals surface area contributed by atoms with E-state index in [1.165, 1.54) is 5.56 Å². The van der Waals surface area contributed by atoms with E-state index in [0.29, 0.717) is 12.3 Å². The maximum Gasteiger partial charge on any atom is 0.238 e. The number of rotatable bonds is 3. The van der Waals surface area contributed by atoms with Crippen LogP contribution in [0.4, 0.5) is 5.69 Å². The molecule has 2 N–H and O–H groups in total. The normalized spacial score (nSPS) is 14.2. The molecule has 0 spiro atoms. The van der Waals surface area contributed by atoms with Gasteiger partial charge in [0.1, 0.15) is 5.76 Å². The summed E-state index contributed by atoms with van der Waals surface area (Å²) in [4.78, 5) is 16.7. The number of anilines is 1. The van der Waals surface area contributed by atoms with Crippen molar-refractivity contribution in [1.29, 1.82) is 0 Å². The van der Waals surface area contributed by atoms with Crippen LogP contribution in [0.25, 0.3) is 11.1 Å². The molecule has 0 radical (unpaired) electrons. The van der Waals surface area contributed by atoms with Crippen molar-refractivity contribution in [3.05, 3.63) is 22.6 Å². The number of nitrogens with zero attached hydrogens (tertiary/aromatic N) is 1. The van der Waals surface area contributed by atoms with Gasteiger partial charge in [-0.15, -0.1) is 0 Å². The van der Waals surface area contributed by atoms with Gasteiger partial charge in [-0.05, 0) is 52.1 Å². The number of hydrogen-bond donors (Lipinski definition) is 2. The lowest BCUT2D eigenvalue weighted by Crippen LogP contribution is -2.26. The van der Waals surface area contributed by atoms with Crippen molar-refractivity contribution in [2.45, 2.75) is 39.5 Å². The maximum atomic E-state index is 12.0. The van der Waals surface area contributed by atoms with E-state index in [1.807, 2.05) is 13.8 Å². The van der Waals surface area contributed by atoms with Crippen LogP contribution < -0.4 is 10.6 Å². The zero-order valence-electron chi connectivity index (χ0n) is 12.8. The number of aryl methyl sites for hydroxylation is 3. The Morgan fingerprint density at radius 3 is 2.81 bits per heavy atom. The number of amides is 1. The molecule has 1 aliphatic carbocycles. The lowest BCUT2D eigenvalue weighted by molar-refractivity contribution is -0.115. The first-order valence-electron chi connectivity index (χ1n) is 7.47. The second-order valence-electron chi connectivity index (χ2n) is 5.66. The summed E-state index contributed by atoms with van der Waals surface area (Å²) in [5.74, 6) is 0.833. The lowest BCUT2D eigenvalue weighted by atomic mass is 9.93. The Balaban J connectivity index is 2.19. The third kappa shape index (κ3) is 2.42. The average molecular weight is 287 g/mol. The van der Waals surface area contributed by atoms with E-state index in [9.17, 15) is 4.79 Å². The standard InChI is InChI=1S/C16H21N3O2/c1-9-10(2)21-16-14(9)15(19-13(20)8-17-3)11-6-4-5-7-12(11)18-16/h17H,4-8H2,1-3H3,(H,18,19,20). The number of fused-ring (bicyclic) bond motifs is 2. The molecule has 0 aliphatic heterocycles. The van der Waals surface area contributed by atoms with Crippen molar-refractivity contribution in [3.63, 3.8) is 0 Å². The Labute approximate surface area is 124 Å². The van der Waals surface area contributed by atoms with Crippen molar-refractivity contribution in [2.24, 2.45) is 0 Å². The number of furan rings is 1. The number of hydrogen-bond acceptors (Lipinski definition) is 4. The molecule has 0 atom stereocenters. The fourth-order valence-corrected chi connectivity index (χ4v) is 3.02. The third-order valence-electron chi connectivity index (χ3n) is 4.20. The van der Waals surface area contributed by atoms with Crippen molar-refractivity contribution >= 4 is 22.7 Å². The minimum absolute atomic E-state index is 0.0315. The summed E-state index contributed by atoms with van der Waals surface area (Å²) < 4.78 is 5.77. The summed E-state index contributed by atoms with van der Waals surface area (Å²) in [6.45, 7) is 4.26. The van der Waals surface area contributed by atoms with E-state index in [4.69, 9.17) is 4.42 Å². The molecule has 5 nitrogen and oxygen atoms in total. The molecule has 0 aromatic carbocycles. The SMILES string of the molecule is CNCC(=O)Nc1c2c(nc3oc(C)c(C)c13)CCCC2. The van der Waals surface area contributed by atoms with Crippen molar-refractivity contribution in [2.75, 3.05) is 18.9 Å². The molecule has 3 rings (SSSR count). The summed E-state index contributed by atoms with van der Waals surface area (Å²) in [6, 6.07) is 0. The molecule has 0 saturated carbocycles. The molecule has 5 heteroatoms. The zero-order chi connectivity index (χ0) is 15.0. The minimum Gasteiger partial charge on any atom is -0.443 e. The molecule has 1 aliphatic rings. The highest BCUT2D eigenvalue weighted by Crippen LogP contribution is 2.37. The van der Waals surface area contributed by atoms with Gasteiger partial charge >= 0.3 is 0 Å². The van der Waals surface area contributed by atoms with Gasteiger partial charge in [0.05, 0.1) is 17.6 Å². The van der Waals surface area contributed by atoms with Crippen LogP contribution in [0.1, 0.15) is 35.4 Å². The smallest absolute Gasteiger partial charge is 0.238 e. The summed E-state index contributed by atoms with van der Waals surface area (Å²) in [5.41, 5.74) is 4.87. The fourth-order valence-electron chi connectivity index (χ4n) is 3.02. The largest absolute Gasteiger partial charge is 0.443 e. The molecule has 0 saturated heterocycles. The third-order valence-corrected chi connectivity index (χ3v) is 4.20. The van der Waals surface area contributed by atoms with Crippen LogP contribution in [0.5, 0.6) is 0 Å². The van der Waals surface area contributed by atoms with E-state index in [0.717, 1.165) is 53.8 Å². The number of pyridine rings is 1. The second kappa shape index (κ2) is 5.48. The molecular weight excluding hydrogens is 266 g/mol. The Morgan fingerprint density at radius 2 is 2.05 bits per heavy atom. The molecule has 0 fully saturated rings. The molecule has 21 heavy (non-hydrogen) atoms. The molecule has 2 aromatic rings. The fraction of sp³-hybridized carbons (Fsp3) is 0.500. The predicted octanol–water partition coefficient (Wildman–Crippen LogP) is 2.48. The van der Waals surface area contributed by atoms with Gasteiger partial charge in [-0.2, -0.15) is 0 Å². The molecular formula is C16H21N3O2. The monoisotopic (exact) mass is 287 g/mol. The molecule has 2 heterocycles. The lowest BCUT2D eigenvalue weighted by Gasteiger charge is -2.19. The number of carbonyl (C=O) groups excluding carboxylic acids is 1. The Bertz CT molecular complexity index is 703. The summed E-state index contributed by atoms with van der Waals surface area (Å²) in [5, 5.41) is 6.91. The van der Waals surface area contributed by atoms with E-state index >= 15 is 0 Å². The topological polar surface area (TPSA) is 67.2 Å². The van der Waals surface area contributed by atoms with Crippen molar-refractivity contribution < 1.29 is 9.21 Å². The van der Waals surface area contributed by atoms with Gasteiger partial charge in [0.15, 0.2) is 0 Å². The van der Waals surface area contributed by atoms with Gasteiger partial charge in [0.2, 0.25) is 11.6 Å². The van der Waals surface area contributed by atoms with Gasteiger partial charge in [-0.3, -0.25) is 4.79 Å². The summed E-state index contributed by atoms with van der Waals surface area (Å²) in [7, 11) is 1.77. The first kappa shape index (κ1) is 14.1. The Hall–Kier alpha value is -1.88. The zero-order valence-corrected chi connectivity index (χ0v) is 12.8. The summed E-state index contributed by atoms with van der Waals surface area (Å²) >= 11 is 0. The average Bonchev–Trinajstić information content (AvgIpc) is 2.74. The molecule has 0 bridgehead atoms. The van der Waals surface area contributed by atoms with E-state index < -0.39 is 0 Å².